The van der Waals surface area contributed by atoms with Crippen molar-refractivity contribution in [2.75, 3.05) is 12.8 Å². The van der Waals surface area contributed by atoms with Crippen molar-refractivity contribution in [3.05, 3.63) is 23.8 Å². The quantitative estimate of drug-likeness (QED) is 0.547. The molecule has 0 spiro atoms. The number of tetrazole rings is 1. The van der Waals surface area contributed by atoms with Crippen molar-refractivity contribution < 1.29 is 14.3 Å². The molecule has 128 valence electrons. The summed E-state index contributed by atoms with van der Waals surface area (Å²) in [6, 6.07) is 5.34. The topological polar surface area (TPSA) is 130 Å². The van der Waals surface area contributed by atoms with Crippen LogP contribution in [0.1, 0.15) is 19.4 Å². The molecule has 10 nitrogen and oxygen atoms in total. The predicted octanol–water partition coefficient (Wildman–Crippen LogP) is 0.201. The molecule has 0 aliphatic carbocycles. The van der Waals surface area contributed by atoms with E-state index in [1.165, 1.54) is 6.21 Å². The highest BCUT2D eigenvalue weighted by atomic mass is 16.5. The number of ether oxygens (including phenoxy) is 2. The van der Waals surface area contributed by atoms with Crippen LogP contribution >= 0.6 is 0 Å². The minimum Gasteiger partial charge on any atom is -0.493 e. The summed E-state index contributed by atoms with van der Waals surface area (Å²) in [4.78, 5) is 11.7. The summed E-state index contributed by atoms with van der Waals surface area (Å²) in [5, 5.41) is 14.3. The number of carbonyl (C=O) groups is 1. The van der Waals surface area contributed by atoms with Gasteiger partial charge < -0.3 is 15.2 Å². The van der Waals surface area contributed by atoms with Gasteiger partial charge in [0.1, 0.15) is 6.54 Å². The SMILES string of the molecule is COc1cc(/C=N\NC(=O)Cn2nnnc2N)ccc1OC(C)C. The number of nitrogens with two attached hydrogens (primary N) is 1. The second kappa shape index (κ2) is 7.90. The first-order valence-electron chi connectivity index (χ1n) is 7.18. The van der Waals surface area contributed by atoms with E-state index in [9.17, 15) is 4.79 Å². The van der Waals surface area contributed by atoms with E-state index >= 15 is 0 Å². The number of nitrogens with zero attached hydrogens (tertiary/aromatic N) is 5. The highest BCUT2D eigenvalue weighted by Gasteiger charge is 2.08. The first kappa shape index (κ1) is 17.2. The van der Waals surface area contributed by atoms with Gasteiger partial charge in [0.2, 0.25) is 5.95 Å². The summed E-state index contributed by atoms with van der Waals surface area (Å²) in [5.41, 5.74) is 8.58. The van der Waals surface area contributed by atoms with Gasteiger partial charge in [0.15, 0.2) is 11.5 Å². The van der Waals surface area contributed by atoms with Crippen LogP contribution in [0.3, 0.4) is 0 Å². The number of rotatable bonds is 7. The predicted molar refractivity (Wildman–Crippen MR) is 86.7 cm³/mol. The monoisotopic (exact) mass is 333 g/mol. The lowest BCUT2D eigenvalue weighted by Crippen LogP contribution is -2.24. The largest absolute Gasteiger partial charge is 0.493 e. The molecule has 0 radical (unpaired) electrons. The Morgan fingerprint density at radius 1 is 1.46 bits per heavy atom. The number of amides is 1. The number of nitrogen functional groups attached to an aromatic ring is 1. The molecule has 3 N–H and O–H groups in total. The molecular formula is C14H19N7O3. The van der Waals surface area contributed by atoms with E-state index in [0.717, 1.165) is 10.2 Å². The van der Waals surface area contributed by atoms with Crippen molar-refractivity contribution >= 4 is 18.1 Å². The van der Waals surface area contributed by atoms with Gasteiger partial charge in [-0.1, -0.05) is 5.10 Å². The van der Waals surface area contributed by atoms with E-state index < -0.39 is 5.91 Å². The van der Waals surface area contributed by atoms with E-state index in [2.05, 4.69) is 26.1 Å². The Balaban J connectivity index is 1.96. The van der Waals surface area contributed by atoms with Gasteiger partial charge in [0.25, 0.3) is 5.91 Å². The van der Waals surface area contributed by atoms with Crippen LogP contribution in [0.15, 0.2) is 23.3 Å². The van der Waals surface area contributed by atoms with E-state index in [4.69, 9.17) is 15.2 Å². The third-order valence-corrected chi connectivity index (χ3v) is 2.81. The molecule has 0 aliphatic heterocycles. The lowest BCUT2D eigenvalue weighted by molar-refractivity contribution is -0.121. The van der Waals surface area contributed by atoms with Gasteiger partial charge in [-0.05, 0) is 48.0 Å². The number of carbonyl (C=O) groups excluding carboxylic acids is 1. The number of methoxy groups -OCH3 is 1. The van der Waals surface area contributed by atoms with E-state index in [-0.39, 0.29) is 18.6 Å². The molecule has 0 aliphatic rings. The van der Waals surface area contributed by atoms with Gasteiger partial charge >= 0.3 is 0 Å². The van der Waals surface area contributed by atoms with Gasteiger partial charge in [0, 0.05) is 0 Å². The lowest BCUT2D eigenvalue weighted by atomic mass is 10.2. The zero-order valence-corrected chi connectivity index (χ0v) is 13.6. The zero-order chi connectivity index (χ0) is 17.5. The normalized spacial score (nSPS) is 11.0. The Morgan fingerprint density at radius 3 is 2.88 bits per heavy atom. The first-order chi connectivity index (χ1) is 11.5. The van der Waals surface area contributed by atoms with Gasteiger partial charge in [0.05, 0.1) is 19.4 Å². The highest BCUT2D eigenvalue weighted by Crippen LogP contribution is 2.28. The van der Waals surface area contributed by atoms with Crippen LogP contribution in [0.4, 0.5) is 5.95 Å². The summed E-state index contributed by atoms with van der Waals surface area (Å²) in [5.74, 6) is 0.875. The molecule has 0 saturated carbocycles. The minimum atomic E-state index is -0.406. The maximum atomic E-state index is 11.7. The first-order valence-corrected chi connectivity index (χ1v) is 7.18. The molecule has 0 bridgehead atoms. The summed E-state index contributed by atoms with van der Waals surface area (Å²) in [7, 11) is 1.56. The Kier molecular flexibility index (Phi) is 5.66. The summed E-state index contributed by atoms with van der Waals surface area (Å²) in [6.45, 7) is 3.74. The fourth-order valence-corrected chi connectivity index (χ4v) is 1.79. The summed E-state index contributed by atoms with van der Waals surface area (Å²) < 4.78 is 12.1. The Bertz CT molecular complexity index is 727. The minimum absolute atomic E-state index is 0.0383. The van der Waals surface area contributed by atoms with Crippen LogP contribution < -0.4 is 20.6 Å². The van der Waals surface area contributed by atoms with Crippen LogP contribution in [0, 0.1) is 0 Å². The van der Waals surface area contributed by atoms with Crippen LogP contribution in [-0.2, 0) is 11.3 Å². The number of hydrogen-bond donors (Lipinski definition) is 2. The van der Waals surface area contributed by atoms with Crippen LogP contribution in [0.25, 0.3) is 0 Å². The van der Waals surface area contributed by atoms with Crippen molar-refractivity contribution in [3.63, 3.8) is 0 Å². The van der Waals surface area contributed by atoms with E-state index in [1.54, 1.807) is 25.3 Å². The number of hydrogen-bond acceptors (Lipinski definition) is 8. The molecule has 1 aromatic carbocycles. The highest BCUT2D eigenvalue weighted by molar-refractivity contribution is 5.83. The number of benzene rings is 1. The third-order valence-electron chi connectivity index (χ3n) is 2.81. The molecule has 1 heterocycles. The fourth-order valence-electron chi connectivity index (χ4n) is 1.79. The molecular weight excluding hydrogens is 314 g/mol. The number of anilines is 1. The lowest BCUT2D eigenvalue weighted by Gasteiger charge is -2.13. The zero-order valence-electron chi connectivity index (χ0n) is 13.6. The maximum Gasteiger partial charge on any atom is 0.261 e. The number of nitrogens with one attached hydrogen (secondary N) is 1. The Labute approximate surface area is 138 Å². The van der Waals surface area contributed by atoms with Gasteiger partial charge in [-0.25, -0.2) is 10.1 Å². The number of aromatic nitrogens is 4. The molecule has 0 unspecified atom stereocenters. The second-order valence-electron chi connectivity index (χ2n) is 5.06. The van der Waals surface area contributed by atoms with E-state index in [0.29, 0.717) is 11.5 Å². The molecule has 0 atom stereocenters. The Morgan fingerprint density at radius 2 is 2.25 bits per heavy atom. The second-order valence-corrected chi connectivity index (χ2v) is 5.06. The van der Waals surface area contributed by atoms with Crippen molar-refractivity contribution in [1.82, 2.24) is 25.6 Å². The molecule has 0 saturated heterocycles. The van der Waals surface area contributed by atoms with Crippen molar-refractivity contribution in [1.29, 1.82) is 0 Å². The number of hydrazone groups is 1. The third kappa shape index (κ3) is 4.66. The fraction of sp³-hybridized carbons (Fsp3) is 0.357. The van der Waals surface area contributed by atoms with Gasteiger partial charge in [-0.3, -0.25) is 4.79 Å². The maximum absolute atomic E-state index is 11.7. The smallest absolute Gasteiger partial charge is 0.261 e. The van der Waals surface area contributed by atoms with Crippen molar-refractivity contribution in [3.8, 4) is 11.5 Å². The van der Waals surface area contributed by atoms with Gasteiger partial charge in [-0.15, -0.1) is 0 Å². The van der Waals surface area contributed by atoms with Crippen LogP contribution in [0.5, 0.6) is 11.5 Å². The average molecular weight is 333 g/mol. The van der Waals surface area contributed by atoms with Crippen molar-refractivity contribution in [2.45, 2.75) is 26.5 Å². The standard InChI is InChI=1S/C14H19N7O3/c1-9(2)24-11-5-4-10(6-12(11)23-3)7-16-17-13(22)8-21-14(15)18-19-20-21/h4-7,9H,8H2,1-3H3,(H,17,22)(H2,15,18,20)/b16-7-. The van der Waals surface area contributed by atoms with Crippen LogP contribution in [0.2, 0.25) is 0 Å². The molecule has 24 heavy (non-hydrogen) atoms. The van der Waals surface area contributed by atoms with Crippen LogP contribution in [-0.4, -0.2) is 45.5 Å². The van der Waals surface area contributed by atoms with Crippen molar-refractivity contribution in [2.24, 2.45) is 5.10 Å². The Hall–Kier alpha value is -3.17. The van der Waals surface area contributed by atoms with Gasteiger partial charge in [-0.2, -0.15) is 5.10 Å². The van der Waals surface area contributed by atoms with E-state index in [1.807, 2.05) is 13.8 Å². The molecule has 0 fully saturated rings. The summed E-state index contributed by atoms with van der Waals surface area (Å²) >= 11 is 0. The molecule has 10 heteroatoms. The molecule has 2 aromatic rings. The molecule has 1 aromatic heterocycles. The summed E-state index contributed by atoms with van der Waals surface area (Å²) in [6.07, 6.45) is 1.53. The molecule has 2 rings (SSSR count). The average Bonchev–Trinajstić information content (AvgIpc) is 2.93. The molecule has 1 amide bonds.